The third-order valence-electron chi connectivity index (χ3n) is 5.49. The number of aryl methyl sites for hydroxylation is 1. The fraction of sp³-hybridized carbons (Fsp3) is 0.148. The van der Waals surface area contributed by atoms with Crippen molar-refractivity contribution in [2.75, 3.05) is 0 Å². The Balaban J connectivity index is 1.26. The predicted octanol–water partition coefficient (Wildman–Crippen LogP) is 6.60. The van der Waals surface area contributed by atoms with E-state index in [2.05, 4.69) is 27.4 Å². The zero-order valence-corrected chi connectivity index (χ0v) is 20.2. The summed E-state index contributed by atoms with van der Waals surface area (Å²) in [6.45, 7) is 2.02. The van der Waals surface area contributed by atoms with Crippen molar-refractivity contribution in [1.82, 2.24) is 15.3 Å². The first-order chi connectivity index (χ1) is 16.7. The van der Waals surface area contributed by atoms with Gasteiger partial charge in [0.2, 0.25) is 0 Å². The van der Waals surface area contributed by atoms with E-state index >= 15 is 0 Å². The first kappa shape index (κ1) is 22.4. The van der Waals surface area contributed by atoms with E-state index in [9.17, 15) is 4.79 Å². The molecule has 170 valence electrons. The number of amides is 1. The number of thioether (sulfide) groups is 1. The Morgan fingerprint density at radius 3 is 2.53 bits per heavy atom. The first-order valence-electron chi connectivity index (χ1n) is 11.0. The molecule has 5 aromatic rings. The van der Waals surface area contributed by atoms with Crippen LogP contribution in [-0.2, 0) is 12.2 Å². The Kier molecular flexibility index (Phi) is 6.74. The van der Waals surface area contributed by atoms with E-state index in [0.29, 0.717) is 23.1 Å². The molecule has 0 fully saturated rings. The molecule has 1 N–H and O–H groups in total. The van der Waals surface area contributed by atoms with Crippen molar-refractivity contribution in [3.8, 4) is 0 Å². The topological polar surface area (TPSA) is 68.0 Å². The SMILES string of the molecule is Cc1cccc2oc(SCc3nc(C(=O)NC(Cc4ccccc4)c4ccccc4)cs3)nc12. The molecule has 0 bridgehead atoms. The Morgan fingerprint density at radius 1 is 1.00 bits per heavy atom. The van der Waals surface area contributed by atoms with Crippen molar-refractivity contribution in [2.24, 2.45) is 0 Å². The van der Waals surface area contributed by atoms with E-state index < -0.39 is 0 Å². The number of fused-ring (bicyclic) bond motifs is 1. The Bertz CT molecular complexity index is 1400. The molecule has 5 rings (SSSR count). The molecule has 1 amide bonds. The second-order valence-electron chi connectivity index (χ2n) is 7.94. The molecule has 5 nitrogen and oxygen atoms in total. The number of benzene rings is 3. The van der Waals surface area contributed by atoms with Gasteiger partial charge in [0.05, 0.1) is 11.8 Å². The van der Waals surface area contributed by atoms with Crippen molar-refractivity contribution < 1.29 is 9.21 Å². The average molecular weight is 486 g/mol. The summed E-state index contributed by atoms with van der Waals surface area (Å²) < 4.78 is 5.83. The largest absolute Gasteiger partial charge is 0.431 e. The monoisotopic (exact) mass is 485 g/mol. The summed E-state index contributed by atoms with van der Waals surface area (Å²) in [4.78, 5) is 22.2. The number of carbonyl (C=O) groups excluding carboxylic acids is 1. The van der Waals surface area contributed by atoms with Crippen LogP contribution in [0.25, 0.3) is 11.1 Å². The minimum absolute atomic E-state index is 0.140. The highest BCUT2D eigenvalue weighted by atomic mass is 32.2. The predicted molar refractivity (Wildman–Crippen MR) is 137 cm³/mol. The molecular formula is C27H23N3O2S2. The van der Waals surface area contributed by atoms with Gasteiger partial charge in [0, 0.05) is 5.38 Å². The van der Waals surface area contributed by atoms with Crippen LogP contribution in [0, 0.1) is 6.92 Å². The molecule has 7 heteroatoms. The number of para-hydroxylation sites is 1. The fourth-order valence-electron chi connectivity index (χ4n) is 3.75. The lowest BCUT2D eigenvalue weighted by molar-refractivity contribution is 0.0932. The van der Waals surface area contributed by atoms with Gasteiger partial charge in [-0.25, -0.2) is 9.97 Å². The lowest BCUT2D eigenvalue weighted by Gasteiger charge is -2.19. The fourth-order valence-corrected chi connectivity index (χ4v) is 5.38. The lowest BCUT2D eigenvalue weighted by atomic mass is 9.99. The number of rotatable bonds is 8. The van der Waals surface area contributed by atoms with Gasteiger partial charge in [-0.1, -0.05) is 84.6 Å². The second kappa shape index (κ2) is 10.2. The van der Waals surface area contributed by atoms with Crippen molar-refractivity contribution >= 4 is 40.1 Å². The van der Waals surface area contributed by atoms with Crippen LogP contribution < -0.4 is 5.32 Å². The minimum Gasteiger partial charge on any atom is -0.431 e. The number of hydrogen-bond donors (Lipinski definition) is 1. The Labute approximate surface area is 206 Å². The number of nitrogens with zero attached hydrogens (tertiary/aromatic N) is 2. The van der Waals surface area contributed by atoms with E-state index in [0.717, 1.165) is 27.2 Å². The maximum Gasteiger partial charge on any atom is 0.271 e. The highest BCUT2D eigenvalue weighted by Crippen LogP contribution is 2.29. The van der Waals surface area contributed by atoms with E-state index in [-0.39, 0.29) is 11.9 Å². The maximum atomic E-state index is 13.1. The number of thiazole rings is 1. The van der Waals surface area contributed by atoms with Crippen LogP contribution in [0.2, 0.25) is 0 Å². The Morgan fingerprint density at radius 2 is 1.76 bits per heavy atom. The zero-order valence-electron chi connectivity index (χ0n) is 18.6. The summed E-state index contributed by atoms with van der Waals surface area (Å²) in [5.74, 6) is 0.422. The molecule has 0 aliphatic heterocycles. The molecule has 2 aromatic heterocycles. The summed E-state index contributed by atoms with van der Waals surface area (Å²) in [6, 6.07) is 26.0. The third kappa shape index (κ3) is 5.21. The van der Waals surface area contributed by atoms with E-state index in [1.54, 1.807) is 0 Å². The van der Waals surface area contributed by atoms with Crippen LogP contribution in [-0.4, -0.2) is 15.9 Å². The second-order valence-corrected chi connectivity index (χ2v) is 9.81. The molecule has 1 unspecified atom stereocenters. The van der Waals surface area contributed by atoms with E-state index in [1.807, 2.05) is 79.0 Å². The quantitative estimate of drug-likeness (QED) is 0.251. The Hall–Kier alpha value is -3.42. The van der Waals surface area contributed by atoms with E-state index in [4.69, 9.17) is 4.42 Å². The standard InChI is InChI=1S/C27H23N3O2S2/c1-18-9-8-14-23-25(18)30-27(32-23)34-17-24-28-22(16-33-24)26(31)29-21(20-12-6-3-7-13-20)15-19-10-4-2-5-11-19/h2-14,16,21H,15,17H2,1H3,(H,29,31). The minimum atomic E-state index is -0.172. The van der Waals surface area contributed by atoms with Gasteiger partial charge in [0.1, 0.15) is 16.2 Å². The highest BCUT2D eigenvalue weighted by Gasteiger charge is 2.19. The summed E-state index contributed by atoms with van der Waals surface area (Å²) in [7, 11) is 0. The van der Waals surface area contributed by atoms with Crippen LogP contribution in [0.1, 0.15) is 38.2 Å². The molecule has 0 saturated carbocycles. The molecule has 0 spiro atoms. The normalized spacial score (nSPS) is 12.0. The van der Waals surface area contributed by atoms with Gasteiger partial charge < -0.3 is 9.73 Å². The highest BCUT2D eigenvalue weighted by molar-refractivity contribution is 7.98. The molecule has 0 aliphatic carbocycles. The van der Waals surface area contributed by atoms with Crippen molar-refractivity contribution in [1.29, 1.82) is 0 Å². The molecule has 0 radical (unpaired) electrons. The molecule has 3 aromatic carbocycles. The summed E-state index contributed by atoms with van der Waals surface area (Å²) in [5.41, 5.74) is 5.42. The first-order valence-corrected chi connectivity index (χ1v) is 12.9. The number of oxazole rings is 1. The van der Waals surface area contributed by atoms with Crippen LogP contribution in [0.15, 0.2) is 93.9 Å². The van der Waals surface area contributed by atoms with Gasteiger partial charge in [-0.15, -0.1) is 11.3 Å². The molecule has 34 heavy (non-hydrogen) atoms. The molecular weight excluding hydrogens is 462 g/mol. The molecule has 1 atom stereocenters. The molecule has 2 heterocycles. The van der Waals surface area contributed by atoms with Crippen molar-refractivity contribution in [2.45, 2.75) is 30.4 Å². The maximum absolute atomic E-state index is 13.1. The number of carbonyl (C=O) groups is 1. The van der Waals surface area contributed by atoms with Crippen LogP contribution >= 0.6 is 23.1 Å². The van der Waals surface area contributed by atoms with Gasteiger partial charge in [0.25, 0.3) is 11.1 Å². The molecule has 0 aliphatic rings. The van der Waals surface area contributed by atoms with Gasteiger partial charge in [-0.05, 0) is 36.1 Å². The zero-order chi connectivity index (χ0) is 23.3. The average Bonchev–Trinajstić information content (AvgIpc) is 3.51. The third-order valence-corrected chi connectivity index (χ3v) is 7.37. The number of nitrogens with one attached hydrogen (secondary N) is 1. The van der Waals surface area contributed by atoms with Gasteiger partial charge in [-0.2, -0.15) is 0 Å². The lowest BCUT2D eigenvalue weighted by Crippen LogP contribution is -2.30. The van der Waals surface area contributed by atoms with Gasteiger partial charge in [-0.3, -0.25) is 4.79 Å². The van der Waals surface area contributed by atoms with Crippen LogP contribution in [0.3, 0.4) is 0 Å². The van der Waals surface area contributed by atoms with Crippen molar-refractivity contribution in [3.05, 3.63) is 112 Å². The smallest absolute Gasteiger partial charge is 0.271 e. The summed E-state index contributed by atoms with van der Waals surface area (Å²) >= 11 is 2.96. The van der Waals surface area contributed by atoms with Crippen LogP contribution in [0.4, 0.5) is 0 Å². The van der Waals surface area contributed by atoms with E-state index in [1.165, 1.54) is 28.7 Å². The van der Waals surface area contributed by atoms with Crippen molar-refractivity contribution in [3.63, 3.8) is 0 Å². The molecule has 0 saturated heterocycles. The summed E-state index contributed by atoms with van der Waals surface area (Å²) in [6.07, 6.45) is 0.709. The van der Waals surface area contributed by atoms with Gasteiger partial charge >= 0.3 is 0 Å². The number of aromatic nitrogens is 2. The summed E-state index contributed by atoms with van der Waals surface area (Å²) in [5, 5.41) is 6.45. The number of hydrogen-bond acceptors (Lipinski definition) is 6. The van der Waals surface area contributed by atoms with Crippen LogP contribution in [0.5, 0.6) is 0 Å². The van der Waals surface area contributed by atoms with Gasteiger partial charge in [0.15, 0.2) is 5.58 Å².